The van der Waals surface area contributed by atoms with Gasteiger partial charge in [-0.25, -0.2) is 4.68 Å². The number of para-hydroxylation sites is 1. The smallest absolute Gasteiger partial charge is 0.242 e. The maximum Gasteiger partial charge on any atom is 0.242 e. The summed E-state index contributed by atoms with van der Waals surface area (Å²) in [6.07, 6.45) is 0. The van der Waals surface area contributed by atoms with E-state index in [4.69, 9.17) is 0 Å². The number of aromatic nitrogens is 2. The lowest BCUT2D eigenvalue weighted by Crippen LogP contribution is -2.40. The van der Waals surface area contributed by atoms with E-state index < -0.39 is 0 Å². The normalized spacial score (nSPS) is 12.2. The summed E-state index contributed by atoms with van der Waals surface area (Å²) in [6, 6.07) is 19.8. The Kier molecular flexibility index (Phi) is 6.83. The van der Waals surface area contributed by atoms with Gasteiger partial charge in [0.2, 0.25) is 5.91 Å². The Bertz CT molecular complexity index is 930. The summed E-state index contributed by atoms with van der Waals surface area (Å²) in [4.78, 5) is 15.4. The molecule has 3 rings (SSSR count). The number of nitrogens with one attached hydrogen (secondary N) is 1. The number of aryl methyl sites for hydroxylation is 1. The molecule has 2 aromatic carbocycles. The van der Waals surface area contributed by atoms with Crippen LogP contribution in [-0.2, 0) is 11.3 Å². The van der Waals surface area contributed by atoms with Crippen LogP contribution < -0.4 is 5.32 Å². The summed E-state index contributed by atoms with van der Waals surface area (Å²) in [5.74, 6) is 0.0196. The minimum Gasteiger partial charge on any atom is -0.350 e. The summed E-state index contributed by atoms with van der Waals surface area (Å²) in [5.41, 5.74) is 5.09. The Morgan fingerprint density at radius 1 is 1.00 bits per heavy atom. The number of carbonyl (C=O) groups excluding carboxylic acids is 1. The van der Waals surface area contributed by atoms with Crippen molar-refractivity contribution in [2.75, 3.05) is 13.1 Å². The molecule has 0 aliphatic carbocycles. The summed E-state index contributed by atoms with van der Waals surface area (Å²) in [6.45, 7) is 10.3. The second-order valence-electron chi connectivity index (χ2n) is 7.15. The molecule has 0 fully saturated rings. The first-order valence-corrected chi connectivity index (χ1v) is 10.2. The van der Waals surface area contributed by atoms with Gasteiger partial charge < -0.3 is 5.32 Å². The van der Waals surface area contributed by atoms with Gasteiger partial charge in [0, 0.05) is 17.8 Å². The molecule has 5 heteroatoms. The first-order chi connectivity index (χ1) is 14.1. The van der Waals surface area contributed by atoms with Crippen molar-refractivity contribution in [1.29, 1.82) is 0 Å². The molecule has 1 atom stereocenters. The lowest BCUT2D eigenvalue weighted by molar-refractivity contribution is -0.126. The van der Waals surface area contributed by atoms with Crippen LogP contribution in [0, 0.1) is 13.8 Å². The average molecular weight is 391 g/mol. The Morgan fingerprint density at radius 2 is 1.59 bits per heavy atom. The zero-order valence-corrected chi connectivity index (χ0v) is 17.7. The van der Waals surface area contributed by atoms with Crippen LogP contribution in [0.3, 0.4) is 0 Å². The van der Waals surface area contributed by atoms with Crippen LogP contribution in [0.5, 0.6) is 0 Å². The number of rotatable bonds is 8. The largest absolute Gasteiger partial charge is 0.350 e. The van der Waals surface area contributed by atoms with E-state index in [0.717, 1.165) is 41.3 Å². The Balaban J connectivity index is 1.81. The monoisotopic (exact) mass is 390 g/mol. The first-order valence-electron chi connectivity index (χ1n) is 10.2. The predicted molar refractivity (Wildman–Crippen MR) is 117 cm³/mol. The molecule has 1 unspecified atom stereocenters. The van der Waals surface area contributed by atoms with Crippen molar-refractivity contribution in [3.63, 3.8) is 0 Å². The molecule has 0 spiro atoms. The number of hydrogen-bond acceptors (Lipinski definition) is 3. The van der Waals surface area contributed by atoms with Gasteiger partial charge in [-0.05, 0) is 44.6 Å². The van der Waals surface area contributed by atoms with E-state index in [1.807, 2.05) is 79.2 Å². The fourth-order valence-corrected chi connectivity index (χ4v) is 3.78. The van der Waals surface area contributed by atoms with Gasteiger partial charge in [-0.1, -0.05) is 62.4 Å². The number of benzene rings is 2. The van der Waals surface area contributed by atoms with Crippen LogP contribution in [0.25, 0.3) is 5.69 Å². The molecule has 29 heavy (non-hydrogen) atoms. The lowest BCUT2D eigenvalue weighted by atomic mass is 10.0. The molecule has 0 radical (unpaired) electrons. The maximum absolute atomic E-state index is 13.2. The highest BCUT2D eigenvalue weighted by Crippen LogP contribution is 2.22. The predicted octanol–water partition coefficient (Wildman–Crippen LogP) is 4.19. The van der Waals surface area contributed by atoms with Crippen molar-refractivity contribution in [2.24, 2.45) is 0 Å². The van der Waals surface area contributed by atoms with E-state index in [2.05, 4.69) is 29.2 Å². The summed E-state index contributed by atoms with van der Waals surface area (Å²) < 4.78 is 1.94. The van der Waals surface area contributed by atoms with Crippen molar-refractivity contribution in [2.45, 2.75) is 40.3 Å². The van der Waals surface area contributed by atoms with Gasteiger partial charge in [0.1, 0.15) is 6.04 Å². The van der Waals surface area contributed by atoms with Crippen molar-refractivity contribution in [3.8, 4) is 5.69 Å². The molecule has 0 aliphatic rings. The minimum absolute atomic E-state index is 0.0196. The molecular formula is C24H30N4O. The van der Waals surface area contributed by atoms with Gasteiger partial charge in [-0.2, -0.15) is 5.10 Å². The van der Waals surface area contributed by atoms with Crippen LogP contribution in [0.4, 0.5) is 0 Å². The molecular weight excluding hydrogens is 360 g/mol. The molecule has 0 bridgehead atoms. The summed E-state index contributed by atoms with van der Waals surface area (Å²) in [5, 5.41) is 7.84. The summed E-state index contributed by atoms with van der Waals surface area (Å²) in [7, 11) is 0. The van der Waals surface area contributed by atoms with Crippen LogP contribution >= 0.6 is 0 Å². The van der Waals surface area contributed by atoms with Crippen LogP contribution in [0.2, 0.25) is 0 Å². The number of likely N-dealkylation sites (N-methyl/N-ethyl adjacent to an activating group) is 1. The fraction of sp³-hybridized carbons (Fsp3) is 0.333. The highest BCUT2D eigenvalue weighted by atomic mass is 16.2. The third-order valence-corrected chi connectivity index (χ3v) is 5.42. The quantitative estimate of drug-likeness (QED) is 0.627. The first kappa shape index (κ1) is 20.8. The SMILES string of the molecule is CCN(CC)C(C(=O)NCc1c(C)nn(-c2ccccc2)c1C)c1ccccc1. The highest BCUT2D eigenvalue weighted by Gasteiger charge is 2.26. The zero-order valence-electron chi connectivity index (χ0n) is 17.7. The maximum atomic E-state index is 13.2. The Hall–Kier alpha value is -2.92. The Morgan fingerprint density at radius 3 is 2.17 bits per heavy atom. The zero-order chi connectivity index (χ0) is 20.8. The molecule has 3 aromatic rings. The van der Waals surface area contributed by atoms with Gasteiger partial charge in [0.05, 0.1) is 11.4 Å². The number of carbonyl (C=O) groups is 1. The van der Waals surface area contributed by atoms with E-state index in [9.17, 15) is 4.79 Å². The molecule has 0 aliphatic heterocycles. The van der Waals surface area contributed by atoms with E-state index in [1.165, 1.54) is 0 Å². The second-order valence-corrected chi connectivity index (χ2v) is 7.15. The van der Waals surface area contributed by atoms with E-state index in [0.29, 0.717) is 6.54 Å². The van der Waals surface area contributed by atoms with Crippen molar-refractivity contribution >= 4 is 5.91 Å². The van der Waals surface area contributed by atoms with Gasteiger partial charge in [0.15, 0.2) is 0 Å². The molecule has 1 aromatic heterocycles. The molecule has 5 nitrogen and oxygen atoms in total. The standard InChI is InChI=1S/C24H30N4O/c1-5-27(6-2)23(20-13-9-7-10-14-20)24(29)25-17-22-18(3)26-28(19(22)4)21-15-11-8-12-16-21/h7-16,23H,5-6,17H2,1-4H3,(H,25,29). The molecule has 1 N–H and O–H groups in total. The minimum atomic E-state index is -0.295. The topological polar surface area (TPSA) is 50.2 Å². The van der Waals surface area contributed by atoms with Gasteiger partial charge in [-0.15, -0.1) is 0 Å². The number of nitrogens with zero attached hydrogens (tertiary/aromatic N) is 3. The van der Waals surface area contributed by atoms with Gasteiger partial charge in [-0.3, -0.25) is 9.69 Å². The average Bonchev–Trinajstić information content (AvgIpc) is 3.04. The molecule has 1 amide bonds. The molecule has 1 heterocycles. The van der Waals surface area contributed by atoms with Crippen LogP contribution in [0.15, 0.2) is 60.7 Å². The molecule has 0 saturated heterocycles. The number of amides is 1. The van der Waals surface area contributed by atoms with Crippen molar-refractivity contribution in [3.05, 3.63) is 83.2 Å². The van der Waals surface area contributed by atoms with Crippen LogP contribution in [-0.4, -0.2) is 33.7 Å². The van der Waals surface area contributed by atoms with Crippen molar-refractivity contribution < 1.29 is 4.79 Å². The van der Waals surface area contributed by atoms with E-state index in [-0.39, 0.29) is 11.9 Å². The Labute approximate surface area is 173 Å². The third-order valence-electron chi connectivity index (χ3n) is 5.42. The third kappa shape index (κ3) is 4.57. The lowest BCUT2D eigenvalue weighted by Gasteiger charge is -2.29. The second kappa shape index (κ2) is 9.52. The number of hydrogen-bond donors (Lipinski definition) is 1. The summed E-state index contributed by atoms with van der Waals surface area (Å²) >= 11 is 0. The van der Waals surface area contributed by atoms with E-state index in [1.54, 1.807) is 0 Å². The van der Waals surface area contributed by atoms with E-state index >= 15 is 0 Å². The fourth-order valence-electron chi connectivity index (χ4n) is 3.78. The highest BCUT2D eigenvalue weighted by molar-refractivity contribution is 5.83. The van der Waals surface area contributed by atoms with Gasteiger partial charge >= 0.3 is 0 Å². The molecule has 152 valence electrons. The van der Waals surface area contributed by atoms with Gasteiger partial charge in [0.25, 0.3) is 0 Å². The molecule has 0 saturated carbocycles. The van der Waals surface area contributed by atoms with Crippen molar-refractivity contribution in [1.82, 2.24) is 20.0 Å². The van der Waals surface area contributed by atoms with Crippen LogP contribution in [0.1, 0.15) is 42.4 Å².